The van der Waals surface area contributed by atoms with E-state index < -0.39 is 6.04 Å². The van der Waals surface area contributed by atoms with Crippen molar-refractivity contribution in [1.29, 1.82) is 0 Å². The molecule has 2 aliphatic rings. The second-order valence-electron chi connectivity index (χ2n) is 8.31. The van der Waals surface area contributed by atoms with E-state index in [-0.39, 0.29) is 24.5 Å². The molecule has 0 spiro atoms. The minimum atomic E-state index is -0.502. The average Bonchev–Trinajstić information content (AvgIpc) is 3.22. The van der Waals surface area contributed by atoms with Crippen LogP contribution in [-0.4, -0.2) is 67.5 Å². The summed E-state index contributed by atoms with van der Waals surface area (Å²) < 4.78 is 5.39. The normalized spacial score (nSPS) is 17.8. The van der Waals surface area contributed by atoms with Crippen molar-refractivity contribution in [2.75, 3.05) is 44.7 Å². The molecule has 2 heterocycles. The molecule has 0 saturated carbocycles. The summed E-state index contributed by atoms with van der Waals surface area (Å²) in [7, 11) is 1.67. The van der Waals surface area contributed by atoms with Gasteiger partial charge in [0.15, 0.2) is 0 Å². The maximum Gasteiger partial charge on any atom is 0.338 e. The first kappa shape index (κ1) is 23.5. The van der Waals surface area contributed by atoms with Crippen LogP contribution < -0.4 is 10.2 Å². The monoisotopic (exact) mass is 462 g/mol. The smallest absolute Gasteiger partial charge is 0.338 e. The molecule has 1 N–H and O–H groups in total. The second-order valence-corrected chi connectivity index (χ2v) is 8.31. The molecule has 0 aliphatic carbocycles. The summed E-state index contributed by atoms with van der Waals surface area (Å²) in [6.07, 6.45) is 0. The van der Waals surface area contributed by atoms with E-state index in [1.165, 1.54) is 4.90 Å². The number of rotatable bonds is 8. The predicted molar refractivity (Wildman–Crippen MR) is 129 cm³/mol. The van der Waals surface area contributed by atoms with Crippen LogP contribution in [0.1, 0.15) is 35.8 Å². The van der Waals surface area contributed by atoms with Gasteiger partial charge in [-0.05, 0) is 42.9 Å². The molecule has 0 unspecified atom stereocenters. The summed E-state index contributed by atoms with van der Waals surface area (Å²) in [5.41, 5.74) is 3.20. The Balaban J connectivity index is 1.48. The highest BCUT2D eigenvalue weighted by Gasteiger charge is 2.43. The van der Waals surface area contributed by atoms with Crippen LogP contribution in [0.4, 0.5) is 10.5 Å². The van der Waals surface area contributed by atoms with Gasteiger partial charge in [0.2, 0.25) is 0 Å². The van der Waals surface area contributed by atoms with Gasteiger partial charge in [-0.2, -0.15) is 0 Å². The molecule has 8 heteroatoms. The van der Waals surface area contributed by atoms with Crippen molar-refractivity contribution < 1.29 is 19.1 Å². The van der Waals surface area contributed by atoms with Crippen LogP contribution in [0.15, 0.2) is 65.9 Å². The van der Waals surface area contributed by atoms with E-state index in [1.807, 2.05) is 30.3 Å². The summed E-state index contributed by atoms with van der Waals surface area (Å²) in [6, 6.07) is 15.5. The summed E-state index contributed by atoms with van der Waals surface area (Å²) in [5.74, 6) is -0.548. The van der Waals surface area contributed by atoms with Crippen LogP contribution in [0.5, 0.6) is 0 Å². The van der Waals surface area contributed by atoms with Gasteiger partial charge in [0.05, 0.1) is 29.4 Å². The Morgan fingerprint density at radius 3 is 2.38 bits per heavy atom. The largest absolute Gasteiger partial charge is 0.461 e. The van der Waals surface area contributed by atoms with Crippen molar-refractivity contribution in [1.82, 2.24) is 15.1 Å². The Morgan fingerprint density at radius 2 is 1.74 bits per heavy atom. The Hall–Kier alpha value is -3.65. The number of ether oxygens (including phenoxy) is 1. The number of hydrogen-bond donors (Lipinski definition) is 1. The second kappa shape index (κ2) is 10.1. The molecule has 34 heavy (non-hydrogen) atoms. The zero-order valence-electron chi connectivity index (χ0n) is 19.8. The Bertz CT molecular complexity index is 1090. The first-order valence-electron chi connectivity index (χ1n) is 11.6. The lowest BCUT2D eigenvalue weighted by Gasteiger charge is -2.31. The number of anilines is 1. The van der Waals surface area contributed by atoms with Crippen LogP contribution in [0, 0.1) is 0 Å². The number of amides is 3. The van der Waals surface area contributed by atoms with Gasteiger partial charge in [0.1, 0.15) is 6.61 Å². The van der Waals surface area contributed by atoms with Gasteiger partial charge in [-0.1, -0.05) is 44.2 Å². The van der Waals surface area contributed by atoms with Crippen molar-refractivity contribution >= 4 is 23.6 Å². The average molecular weight is 463 g/mol. The number of nitrogens with zero attached hydrogens (tertiary/aromatic N) is 3. The van der Waals surface area contributed by atoms with Crippen LogP contribution in [0.25, 0.3) is 0 Å². The Morgan fingerprint density at radius 1 is 1.06 bits per heavy atom. The number of nitrogens with one attached hydrogen (secondary N) is 1. The number of benzene rings is 2. The van der Waals surface area contributed by atoms with Crippen molar-refractivity contribution in [3.8, 4) is 0 Å². The van der Waals surface area contributed by atoms with E-state index in [4.69, 9.17) is 4.74 Å². The molecule has 2 aromatic carbocycles. The number of esters is 1. The van der Waals surface area contributed by atoms with Crippen LogP contribution >= 0.6 is 0 Å². The molecule has 8 nitrogen and oxygen atoms in total. The van der Waals surface area contributed by atoms with Gasteiger partial charge in [-0.25, -0.2) is 9.59 Å². The molecule has 0 fully saturated rings. The van der Waals surface area contributed by atoms with Crippen LogP contribution in [0.2, 0.25) is 0 Å². The number of hydrogen-bond acceptors (Lipinski definition) is 5. The molecule has 0 aromatic heterocycles. The molecule has 3 amide bonds. The maximum absolute atomic E-state index is 13.5. The standard InChI is InChI=1S/C26H30N4O4/c1-4-29(5-2)15-16-34-25(32)19-11-13-20(14-12-19)30-17-21-22(24(30)31)23(27-26(33)28(21)3)18-9-7-6-8-10-18/h6-14,23H,4-5,15-17H2,1-3H3,(H,27,33)/t23-/m1/s1. The van der Waals surface area contributed by atoms with E-state index in [2.05, 4.69) is 24.1 Å². The zero-order valence-corrected chi connectivity index (χ0v) is 19.8. The number of urea groups is 1. The van der Waals surface area contributed by atoms with Crippen molar-refractivity contribution in [2.45, 2.75) is 19.9 Å². The Kier molecular flexibility index (Phi) is 6.98. The SMILES string of the molecule is CCN(CC)CCOC(=O)c1ccc(N2CC3=C(C2=O)[C@@H](c2ccccc2)NC(=O)N3C)cc1. The first-order chi connectivity index (χ1) is 16.4. The first-order valence-corrected chi connectivity index (χ1v) is 11.6. The molecule has 0 bridgehead atoms. The fourth-order valence-electron chi connectivity index (χ4n) is 4.34. The molecule has 2 aliphatic heterocycles. The van der Waals surface area contributed by atoms with Gasteiger partial charge in [0.25, 0.3) is 5.91 Å². The zero-order chi connectivity index (χ0) is 24.2. The van der Waals surface area contributed by atoms with Crippen molar-refractivity contribution in [2.24, 2.45) is 0 Å². The van der Waals surface area contributed by atoms with Gasteiger partial charge >= 0.3 is 12.0 Å². The molecular formula is C26H30N4O4. The van der Waals surface area contributed by atoms with E-state index in [0.717, 1.165) is 18.7 Å². The van der Waals surface area contributed by atoms with Gasteiger partial charge in [0, 0.05) is 19.3 Å². The minimum absolute atomic E-state index is 0.162. The summed E-state index contributed by atoms with van der Waals surface area (Å²) in [5, 5.41) is 2.93. The summed E-state index contributed by atoms with van der Waals surface area (Å²) in [6.45, 7) is 7.27. The molecule has 1 atom stereocenters. The lowest BCUT2D eigenvalue weighted by molar-refractivity contribution is -0.114. The topological polar surface area (TPSA) is 82.2 Å². The molecule has 0 radical (unpaired) electrons. The third-order valence-corrected chi connectivity index (χ3v) is 6.44. The molecule has 2 aromatic rings. The molecule has 0 saturated heterocycles. The fourth-order valence-corrected chi connectivity index (χ4v) is 4.34. The predicted octanol–water partition coefficient (Wildman–Crippen LogP) is 3.18. The highest BCUT2D eigenvalue weighted by atomic mass is 16.5. The molecular weight excluding hydrogens is 432 g/mol. The lowest BCUT2D eigenvalue weighted by Crippen LogP contribution is -2.45. The molecule has 4 rings (SSSR count). The highest BCUT2D eigenvalue weighted by Crippen LogP contribution is 2.37. The fraction of sp³-hybridized carbons (Fsp3) is 0.346. The lowest BCUT2D eigenvalue weighted by atomic mass is 9.96. The number of likely N-dealkylation sites (N-methyl/N-ethyl adjacent to an activating group) is 2. The van der Waals surface area contributed by atoms with E-state index in [9.17, 15) is 14.4 Å². The maximum atomic E-state index is 13.5. The number of carbonyl (C=O) groups is 3. The highest BCUT2D eigenvalue weighted by molar-refractivity contribution is 6.11. The third-order valence-electron chi connectivity index (χ3n) is 6.44. The van der Waals surface area contributed by atoms with Gasteiger partial charge < -0.3 is 19.9 Å². The van der Waals surface area contributed by atoms with Crippen LogP contribution in [0.3, 0.4) is 0 Å². The summed E-state index contributed by atoms with van der Waals surface area (Å²) >= 11 is 0. The number of carbonyl (C=O) groups excluding carboxylic acids is 3. The third kappa shape index (κ3) is 4.54. The van der Waals surface area contributed by atoms with E-state index in [0.29, 0.717) is 35.7 Å². The summed E-state index contributed by atoms with van der Waals surface area (Å²) in [4.78, 5) is 43.7. The van der Waals surface area contributed by atoms with Gasteiger partial charge in [-0.15, -0.1) is 0 Å². The van der Waals surface area contributed by atoms with Gasteiger partial charge in [-0.3, -0.25) is 9.69 Å². The van der Waals surface area contributed by atoms with Crippen molar-refractivity contribution in [3.05, 3.63) is 77.0 Å². The van der Waals surface area contributed by atoms with Crippen molar-refractivity contribution in [3.63, 3.8) is 0 Å². The van der Waals surface area contributed by atoms with E-state index in [1.54, 1.807) is 36.2 Å². The Labute approximate surface area is 199 Å². The van der Waals surface area contributed by atoms with Crippen LogP contribution in [-0.2, 0) is 9.53 Å². The molecule has 178 valence electrons. The van der Waals surface area contributed by atoms with E-state index >= 15 is 0 Å². The quantitative estimate of drug-likeness (QED) is 0.610. The minimum Gasteiger partial charge on any atom is -0.461 e.